The first kappa shape index (κ1) is 12.4. The number of rotatable bonds is 3. The number of pyridine rings is 1. The zero-order chi connectivity index (χ0) is 12.4. The highest BCUT2D eigenvalue weighted by molar-refractivity contribution is 9.10. The van der Waals surface area contributed by atoms with Gasteiger partial charge in [0.25, 0.3) is 0 Å². The summed E-state index contributed by atoms with van der Waals surface area (Å²) in [6.07, 6.45) is 1.58. The molecule has 2 aromatic heterocycles. The fourth-order valence-corrected chi connectivity index (χ4v) is 2.39. The zero-order valence-corrected chi connectivity index (χ0v) is 11.8. The molecule has 17 heavy (non-hydrogen) atoms. The van der Waals surface area contributed by atoms with Crippen LogP contribution in [0.3, 0.4) is 0 Å². The van der Waals surface area contributed by atoms with Gasteiger partial charge in [-0.05, 0) is 28.9 Å². The normalized spacial score (nSPS) is 10.6. The summed E-state index contributed by atoms with van der Waals surface area (Å²) in [6.45, 7) is 2.50. The van der Waals surface area contributed by atoms with Crippen LogP contribution in [0.1, 0.15) is 10.7 Å². The van der Waals surface area contributed by atoms with Gasteiger partial charge in [-0.25, -0.2) is 14.4 Å². The van der Waals surface area contributed by atoms with E-state index in [1.807, 2.05) is 12.3 Å². The minimum Gasteiger partial charge on any atom is -0.351 e. The Bertz CT molecular complexity index is 529. The lowest BCUT2D eigenvalue weighted by atomic mass is 10.4. The van der Waals surface area contributed by atoms with E-state index in [0.717, 1.165) is 10.7 Å². The van der Waals surface area contributed by atoms with Crippen molar-refractivity contribution in [1.82, 2.24) is 9.97 Å². The fourth-order valence-electron chi connectivity index (χ4n) is 1.49. The van der Waals surface area contributed by atoms with Gasteiger partial charge in [-0.2, -0.15) is 0 Å². The average molecular weight is 316 g/mol. The number of hydrogen-bond acceptors (Lipinski definition) is 4. The van der Waals surface area contributed by atoms with E-state index >= 15 is 0 Å². The van der Waals surface area contributed by atoms with Crippen molar-refractivity contribution in [2.45, 2.75) is 13.5 Å². The van der Waals surface area contributed by atoms with Gasteiger partial charge < -0.3 is 4.90 Å². The number of nitrogens with zero attached hydrogens (tertiary/aromatic N) is 3. The smallest absolute Gasteiger partial charge is 0.166 e. The molecule has 6 heteroatoms. The van der Waals surface area contributed by atoms with Crippen LogP contribution in [0.15, 0.2) is 22.1 Å². The number of thiazole rings is 1. The van der Waals surface area contributed by atoms with E-state index in [2.05, 4.69) is 25.9 Å². The summed E-state index contributed by atoms with van der Waals surface area (Å²) in [5.74, 6) is -0.00678. The van der Waals surface area contributed by atoms with Crippen LogP contribution in [0.5, 0.6) is 0 Å². The molecule has 0 atom stereocenters. The predicted octanol–water partition coefficient (Wildman–Crippen LogP) is 3.38. The Morgan fingerprint density at radius 1 is 1.53 bits per heavy atom. The Morgan fingerprint density at radius 2 is 2.29 bits per heavy atom. The number of anilines is 1. The Kier molecular flexibility index (Phi) is 3.73. The third kappa shape index (κ3) is 3.01. The monoisotopic (exact) mass is 315 g/mol. The van der Waals surface area contributed by atoms with Crippen molar-refractivity contribution in [2.24, 2.45) is 0 Å². The lowest BCUT2D eigenvalue weighted by molar-refractivity contribution is 0.613. The van der Waals surface area contributed by atoms with Crippen LogP contribution in [0.25, 0.3) is 0 Å². The van der Waals surface area contributed by atoms with E-state index < -0.39 is 0 Å². The standard InChI is InChI=1S/C11H11BrFN3S/c1-7-15-9(6-17-7)5-16(2)11-10(13)3-8(12)4-14-11/h3-4,6H,5H2,1-2H3. The maximum Gasteiger partial charge on any atom is 0.166 e. The molecular formula is C11H11BrFN3S. The molecule has 0 saturated heterocycles. The van der Waals surface area contributed by atoms with Crippen LogP contribution >= 0.6 is 27.3 Å². The molecule has 2 heterocycles. The van der Waals surface area contributed by atoms with Crippen molar-refractivity contribution in [3.8, 4) is 0 Å². The summed E-state index contributed by atoms with van der Waals surface area (Å²) in [7, 11) is 1.80. The molecule has 2 aromatic rings. The summed E-state index contributed by atoms with van der Waals surface area (Å²) in [5, 5.41) is 2.99. The molecule has 0 spiro atoms. The molecule has 0 amide bonds. The zero-order valence-electron chi connectivity index (χ0n) is 9.44. The maximum absolute atomic E-state index is 13.7. The van der Waals surface area contributed by atoms with Crippen molar-refractivity contribution in [1.29, 1.82) is 0 Å². The van der Waals surface area contributed by atoms with Gasteiger partial charge in [0.15, 0.2) is 11.6 Å². The van der Waals surface area contributed by atoms with E-state index in [0.29, 0.717) is 16.8 Å². The number of hydrogen-bond donors (Lipinski definition) is 0. The summed E-state index contributed by atoms with van der Waals surface area (Å²) in [4.78, 5) is 10.1. The molecule has 2 rings (SSSR count). The minimum atomic E-state index is -0.339. The predicted molar refractivity (Wildman–Crippen MR) is 70.9 cm³/mol. The van der Waals surface area contributed by atoms with Crippen molar-refractivity contribution < 1.29 is 4.39 Å². The fraction of sp³-hybridized carbons (Fsp3) is 0.273. The first-order valence-electron chi connectivity index (χ1n) is 4.99. The second-order valence-electron chi connectivity index (χ2n) is 3.67. The van der Waals surface area contributed by atoms with Crippen molar-refractivity contribution in [3.05, 3.63) is 38.6 Å². The van der Waals surface area contributed by atoms with Gasteiger partial charge in [0.2, 0.25) is 0 Å². The van der Waals surface area contributed by atoms with Crippen LogP contribution in [-0.4, -0.2) is 17.0 Å². The van der Waals surface area contributed by atoms with Gasteiger partial charge in [-0.1, -0.05) is 0 Å². The molecule has 0 unspecified atom stereocenters. The van der Waals surface area contributed by atoms with Gasteiger partial charge >= 0.3 is 0 Å². The summed E-state index contributed by atoms with van der Waals surface area (Å²) in [5.41, 5.74) is 0.930. The van der Waals surface area contributed by atoms with E-state index in [1.165, 1.54) is 6.07 Å². The third-order valence-corrected chi connectivity index (χ3v) is 3.47. The molecule has 0 bridgehead atoms. The lowest BCUT2D eigenvalue weighted by Gasteiger charge is -2.17. The molecule has 0 fully saturated rings. The maximum atomic E-state index is 13.7. The average Bonchev–Trinajstić information content (AvgIpc) is 2.63. The Hall–Kier alpha value is -1.01. The molecule has 0 saturated carbocycles. The van der Waals surface area contributed by atoms with E-state index in [4.69, 9.17) is 0 Å². The highest BCUT2D eigenvalue weighted by Crippen LogP contribution is 2.20. The number of aromatic nitrogens is 2. The van der Waals surface area contributed by atoms with Gasteiger partial charge in [-0.3, -0.25) is 0 Å². The number of aryl methyl sites for hydroxylation is 1. The molecule has 90 valence electrons. The molecule has 0 aliphatic carbocycles. The van der Waals surface area contributed by atoms with E-state index in [1.54, 1.807) is 29.5 Å². The molecular weight excluding hydrogens is 305 g/mol. The Balaban J connectivity index is 2.17. The van der Waals surface area contributed by atoms with Crippen LogP contribution in [0, 0.1) is 12.7 Å². The molecule has 3 nitrogen and oxygen atoms in total. The van der Waals surface area contributed by atoms with E-state index in [-0.39, 0.29) is 5.82 Å². The van der Waals surface area contributed by atoms with E-state index in [9.17, 15) is 4.39 Å². The highest BCUT2D eigenvalue weighted by atomic mass is 79.9. The van der Waals surface area contributed by atoms with Crippen LogP contribution in [0.4, 0.5) is 10.2 Å². The van der Waals surface area contributed by atoms with Crippen LogP contribution in [0.2, 0.25) is 0 Å². The summed E-state index contributed by atoms with van der Waals surface area (Å²) in [6, 6.07) is 1.41. The van der Waals surface area contributed by atoms with Gasteiger partial charge in [0.1, 0.15) is 0 Å². The lowest BCUT2D eigenvalue weighted by Crippen LogP contribution is -2.19. The quantitative estimate of drug-likeness (QED) is 0.869. The largest absolute Gasteiger partial charge is 0.351 e. The first-order chi connectivity index (χ1) is 8.06. The van der Waals surface area contributed by atoms with Gasteiger partial charge in [0, 0.05) is 23.1 Å². The second kappa shape index (κ2) is 5.10. The highest BCUT2D eigenvalue weighted by Gasteiger charge is 2.11. The van der Waals surface area contributed by atoms with Crippen molar-refractivity contribution in [3.63, 3.8) is 0 Å². The summed E-state index contributed by atoms with van der Waals surface area (Å²) < 4.78 is 14.3. The molecule has 0 aliphatic rings. The molecule has 0 aromatic carbocycles. The SMILES string of the molecule is Cc1nc(CN(C)c2ncc(Br)cc2F)cs1. The van der Waals surface area contributed by atoms with Crippen molar-refractivity contribution >= 4 is 33.1 Å². The van der Waals surface area contributed by atoms with Crippen LogP contribution in [-0.2, 0) is 6.54 Å². The molecule has 0 aliphatic heterocycles. The first-order valence-corrected chi connectivity index (χ1v) is 6.66. The minimum absolute atomic E-state index is 0.332. The third-order valence-electron chi connectivity index (χ3n) is 2.22. The summed E-state index contributed by atoms with van der Waals surface area (Å²) >= 11 is 4.77. The topological polar surface area (TPSA) is 29.0 Å². The number of halogens is 2. The Labute approximate surface area is 111 Å². The molecule has 0 radical (unpaired) electrons. The van der Waals surface area contributed by atoms with Gasteiger partial charge in [-0.15, -0.1) is 11.3 Å². The van der Waals surface area contributed by atoms with Crippen LogP contribution < -0.4 is 4.90 Å². The second-order valence-corrected chi connectivity index (χ2v) is 5.65. The van der Waals surface area contributed by atoms with Crippen molar-refractivity contribution in [2.75, 3.05) is 11.9 Å². The molecule has 0 N–H and O–H groups in total. The van der Waals surface area contributed by atoms with Gasteiger partial charge in [0.05, 0.1) is 17.2 Å². The Morgan fingerprint density at radius 3 is 2.88 bits per heavy atom.